The summed E-state index contributed by atoms with van der Waals surface area (Å²) in [7, 11) is 0. The molecule has 23 heavy (non-hydrogen) atoms. The van der Waals surface area contributed by atoms with Gasteiger partial charge in [-0.3, -0.25) is 9.59 Å². The van der Waals surface area contributed by atoms with Crippen molar-refractivity contribution in [2.75, 3.05) is 19.8 Å². The highest BCUT2D eigenvalue weighted by Crippen LogP contribution is 2.25. The number of carbonyl (C=O) groups is 1. The first kappa shape index (κ1) is 19.2. The number of carbonyl (C=O) groups excluding carboxylic acids is 1. The maximum atomic E-state index is 12.6. The molecule has 1 rings (SSSR count). The Morgan fingerprint density at radius 2 is 2.04 bits per heavy atom. The molecule has 0 saturated carbocycles. The van der Waals surface area contributed by atoms with Crippen molar-refractivity contribution < 1.29 is 22.7 Å². The number of rotatable bonds is 8. The second kappa shape index (κ2) is 8.71. The number of aromatic nitrogens is 1. The van der Waals surface area contributed by atoms with Gasteiger partial charge in [-0.2, -0.15) is 13.2 Å². The van der Waals surface area contributed by atoms with E-state index in [2.05, 4.69) is 19.2 Å². The van der Waals surface area contributed by atoms with Crippen LogP contribution in [0.5, 0.6) is 0 Å². The number of hydrogen-bond acceptors (Lipinski definition) is 3. The second-order valence-corrected chi connectivity index (χ2v) is 5.50. The minimum Gasteiger partial charge on any atom is -0.380 e. The number of hydrogen-bond donors (Lipinski definition) is 1. The highest BCUT2D eigenvalue weighted by molar-refractivity contribution is 5.75. The van der Waals surface area contributed by atoms with Gasteiger partial charge < -0.3 is 14.6 Å². The first-order valence-electron chi connectivity index (χ1n) is 7.33. The maximum Gasteiger partial charge on any atom is 0.421 e. The third kappa shape index (κ3) is 6.85. The van der Waals surface area contributed by atoms with Crippen molar-refractivity contribution in [1.29, 1.82) is 0 Å². The van der Waals surface area contributed by atoms with Crippen LogP contribution < -0.4 is 10.9 Å². The Kier molecular flexibility index (Phi) is 7.28. The standard InChI is InChI=1S/C15H21F3N2O3/c1-11(2)5-8-23-9-6-19-13(21)10-20-7-3-4-12(14(20)22)15(16,17)18/h3-4,7,11H,5-6,8-10H2,1-2H3,(H,19,21). The lowest BCUT2D eigenvalue weighted by atomic mass is 10.1. The predicted octanol–water partition coefficient (Wildman–Crippen LogP) is 2.05. The van der Waals surface area contributed by atoms with Gasteiger partial charge in [0.05, 0.1) is 6.61 Å². The van der Waals surface area contributed by atoms with Crippen molar-refractivity contribution in [3.63, 3.8) is 0 Å². The molecule has 1 aromatic rings. The van der Waals surface area contributed by atoms with Crippen molar-refractivity contribution in [3.8, 4) is 0 Å². The number of pyridine rings is 1. The van der Waals surface area contributed by atoms with Crippen LogP contribution in [0.2, 0.25) is 0 Å². The maximum absolute atomic E-state index is 12.6. The summed E-state index contributed by atoms with van der Waals surface area (Å²) in [5.74, 6) is -0.0174. The summed E-state index contributed by atoms with van der Waals surface area (Å²) in [6, 6.07) is 1.78. The predicted molar refractivity (Wildman–Crippen MR) is 79.0 cm³/mol. The molecule has 0 fully saturated rings. The van der Waals surface area contributed by atoms with Crippen molar-refractivity contribution in [2.24, 2.45) is 5.92 Å². The van der Waals surface area contributed by atoms with Crippen LogP contribution in [0, 0.1) is 5.92 Å². The normalized spacial score (nSPS) is 11.7. The van der Waals surface area contributed by atoms with Crippen molar-refractivity contribution in [3.05, 3.63) is 34.2 Å². The molecule has 0 aliphatic heterocycles. The molecule has 0 aliphatic rings. The summed E-state index contributed by atoms with van der Waals surface area (Å²) in [6.07, 6.45) is -2.68. The van der Waals surface area contributed by atoms with Crippen LogP contribution in [-0.4, -0.2) is 30.2 Å². The fraction of sp³-hybridized carbons (Fsp3) is 0.600. The Labute approximate surface area is 132 Å². The van der Waals surface area contributed by atoms with E-state index in [1.165, 1.54) is 0 Å². The molecular weight excluding hydrogens is 313 g/mol. The summed E-state index contributed by atoms with van der Waals surface area (Å²) in [6.45, 7) is 4.81. The van der Waals surface area contributed by atoms with Gasteiger partial charge in [-0.15, -0.1) is 0 Å². The van der Waals surface area contributed by atoms with Crippen molar-refractivity contribution in [2.45, 2.75) is 33.0 Å². The van der Waals surface area contributed by atoms with E-state index in [4.69, 9.17) is 4.74 Å². The average Bonchev–Trinajstić information content (AvgIpc) is 2.43. The molecule has 0 atom stereocenters. The molecule has 0 spiro atoms. The lowest BCUT2D eigenvalue weighted by Crippen LogP contribution is -2.36. The molecule has 130 valence electrons. The Bertz CT molecular complexity index is 568. The van der Waals surface area contributed by atoms with Gasteiger partial charge in [-0.05, 0) is 24.5 Å². The molecule has 1 aromatic heterocycles. The van der Waals surface area contributed by atoms with Gasteiger partial charge >= 0.3 is 6.18 Å². The summed E-state index contributed by atoms with van der Waals surface area (Å²) in [5, 5.41) is 2.50. The van der Waals surface area contributed by atoms with E-state index >= 15 is 0 Å². The van der Waals surface area contributed by atoms with Crippen LogP contribution in [0.25, 0.3) is 0 Å². The second-order valence-electron chi connectivity index (χ2n) is 5.50. The molecule has 0 unspecified atom stereocenters. The number of alkyl halides is 3. The van der Waals surface area contributed by atoms with Gasteiger partial charge in [0.2, 0.25) is 5.91 Å². The van der Waals surface area contributed by atoms with Gasteiger partial charge in [0.15, 0.2) is 0 Å². The van der Waals surface area contributed by atoms with Gasteiger partial charge in [0.1, 0.15) is 12.1 Å². The van der Waals surface area contributed by atoms with Crippen LogP contribution in [0.1, 0.15) is 25.8 Å². The highest BCUT2D eigenvalue weighted by atomic mass is 19.4. The zero-order valence-electron chi connectivity index (χ0n) is 13.2. The molecule has 0 saturated heterocycles. The van der Waals surface area contributed by atoms with E-state index < -0.39 is 29.8 Å². The number of ether oxygens (including phenoxy) is 1. The van der Waals surface area contributed by atoms with Crippen molar-refractivity contribution >= 4 is 5.91 Å². The molecule has 0 aliphatic carbocycles. The molecule has 1 heterocycles. The zero-order chi connectivity index (χ0) is 17.5. The van der Waals surface area contributed by atoms with Crippen LogP contribution in [0.4, 0.5) is 13.2 Å². The minimum absolute atomic E-state index is 0.241. The smallest absolute Gasteiger partial charge is 0.380 e. The number of amides is 1. The zero-order valence-corrected chi connectivity index (χ0v) is 13.2. The van der Waals surface area contributed by atoms with Gasteiger partial charge in [0.25, 0.3) is 5.56 Å². The molecule has 1 N–H and O–H groups in total. The number of nitrogens with one attached hydrogen (secondary N) is 1. The Hall–Kier alpha value is -1.83. The van der Waals surface area contributed by atoms with Gasteiger partial charge in [-0.1, -0.05) is 13.8 Å². The van der Waals surface area contributed by atoms with E-state index in [9.17, 15) is 22.8 Å². The van der Waals surface area contributed by atoms with E-state index in [0.29, 0.717) is 25.2 Å². The molecule has 5 nitrogen and oxygen atoms in total. The quantitative estimate of drug-likeness (QED) is 0.740. The Balaban J connectivity index is 2.45. The van der Waals surface area contributed by atoms with E-state index in [0.717, 1.165) is 23.3 Å². The number of nitrogens with zero attached hydrogens (tertiary/aromatic N) is 1. The molecule has 0 aromatic carbocycles. The molecular formula is C15H21F3N2O3. The highest BCUT2D eigenvalue weighted by Gasteiger charge is 2.34. The molecule has 8 heteroatoms. The molecule has 0 bridgehead atoms. The van der Waals surface area contributed by atoms with Crippen LogP contribution in [-0.2, 0) is 22.3 Å². The molecule has 1 amide bonds. The average molecular weight is 334 g/mol. The lowest BCUT2D eigenvalue weighted by Gasteiger charge is -2.11. The van der Waals surface area contributed by atoms with Crippen LogP contribution in [0.3, 0.4) is 0 Å². The van der Waals surface area contributed by atoms with Crippen molar-refractivity contribution in [1.82, 2.24) is 9.88 Å². The van der Waals surface area contributed by atoms with Gasteiger partial charge in [-0.25, -0.2) is 0 Å². The van der Waals surface area contributed by atoms with E-state index in [-0.39, 0.29) is 6.54 Å². The fourth-order valence-corrected chi connectivity index (χ4v) is 1.77. The summed E-state index contributed by atoms with van der Waals surface area (Å²) < 4.78 is 43.9. The van der Waals surface area contributed by atoms with Crippen LogP contribution in [0.15, 0.2) is 23.1 Å². The molecule has 0 radical (unpaired) electrons. The Morgan fingerprint density at radius 3 is 2.65 bits per heavy atom. The lowest BCUT2D eigenvalue weighted by molar-refractivity contribution is -0.139. The van der Waals surface area contributed by atoms with Crippen LogP contribution >= 0.6 is 0 Å². The topological polar surface area (TPSA) is 60.3 Å². The first-order chi connectivity index (χ1) is 10.7. The largest absolute Gasteiger partial charge is 0.421 e. The van der Waals surface area contributed by atoms with Gasteiger partial charge in [0, 0.05) is 19.3 Å². The third-order valence-electron chi connectivity index (χ3n) is 3.05. The summed E-state index contributed by atoms with van der Waals surface area (Å²) in [4.78, 5) is 23.3. The first-order valence-corrected chi connectivity index (χ1v) is 7.33. The Morgan fingerprint density at radius 1 is 1.35 bits per heavy atom. The summed E-state index contributed by atoms with van der Waals surface area (Å²) >= 11 is 0. The third-order valence-corrected chi connectivity index (χ3v) is 3.05. The summed E-state index contributed by atoms with van der Waals surface area (Å²) in [5.41, 5.74) is -2.52. The van der Waals surface area contributed by atoms with E-state index in [1.54, 1.807) is 0 Å². The monoisotopic (exact) mass is 334 g/mol. The van der Waals surface area contributed by atoms with E-state index in [1.807, 2.05) is 0 Å². The fourth-order valence-electron chi connectivity index (χ4n) is 1.77. The SMILES string of the molecule is CC(C)CCOCCNC(=O)Cn1cccc(C(F)(F)F)c1=O. The minimum atomic E-state index is -4.74. The number of halogens is 3.